The maximum Gasteiger partial charge on any atom is 0.271 e. The summed E-state index contributed by atoms with van der Waals surface area (Å²) >= 11 is 5.96. The number of carbonyl (C=O) groups is 1. The maximum atomic E-state index is 12.3. The van der Waals surface area contributed by atoms with E-state index < -0.39 is 10.8 Å². The summed E-state index contributed by atoms with van der Waals surface area (Å²) in [5.74, 6) is -0.237. The van der Waals surface area contributed by atoms with E-state index >= 15 is 0 Å². The molecule has 132 valence electrons. The third-order valence-electron chi connectivity index (χ3n) is 3.25. The van der Waals surface area contributed by atoms with Gasteiger partial charge in [-0.25, -0.2) is 0 Å². The zero-order chi connectivity index (χ0) is 19.1. The van der Waals surface area contributed by atoms with Crippen molar-refractivity contribution < 1.29 is 14.5 Å². The van der Waals surface area contributed by atoms with Crippen molar-refractivity contribution in [3.63, 3.8) is 0 Å². The lowest BCUT2D eigenvalue weighted by molar-refractivity contribution is -0.384. The van der Waals surface area contributed by atoms with Crippen LogP contribution in [-0.4, -0.2) is 17.9 Å². The Morgan fingerprint density at radius 1 is 1.31 bits per heavy atom. The van der Waals surface area contributed by atoms with Crippen molar-refractivity contribution in [1.29, 1.82) is 5.26 Å². The smallest absolute Gasteiger partial charge is 0.271 e. The minimum Gasteiger partial charge on any atom is -0.495 e. The van der Waals surface area contributed by atoms with Crippen molar-refractivity contribution in [3.8, 4) is 11.8 Å². The molecular formula is C17H13ClN4O4. The average Bonchev–Trinajstić information content (AvgIpc) is 2.63. The van der Waals surface area contributed by atoms with Crippen molar-refractivity contribution >= 4 is 34.6 Å². The number of ether oxygens (including phenoxy) is 1. The fourth-order valence-electron chi connectivity index (χ4n) is 1.97. The van der Waals surface area contributed by atoms with Gasteiger partial charge in [-0.15, -0.1) is 0 Å². The number of para-hydroxylation sites is 2. The Labute approximate surface area is 153 Å². The molecule has 26 heavy (non-hydrogen) atoms. The number of benzene rings is 2. The molecule has 0 atom stereocenters. The van der Waals surface area contributed by atoms with Crippen molar-refractivity contribution in [3.05, 3.63) is 69.4 Å². The van der Waals surface area contributed by atoms with E-state index in [0.29, 0.717) is 11.4 Å². The second-order valence-corrected chi connectivity index (χ2v) is 5.30. The molecule has 0 saturated carbocycles. The average molecular weight is 373 g/mol. The van der Waals surface area contributed by atoms with Gasteiger partial charge in [-0.1, -0.05) is 23.7 Å². The Kier molecular flexibility index (Phi) is 6.14. The van der Waals surface area contributed by atoms with Crippen LogP contribution in [0.15, 0.2) is 54.2 Å². The molecule has 2 aromatic rings. The number of halogens is 1. The van der Waals surface area contributed by atoms with Gasteiger partial charge >= 0.3 is 0 Å². The highest BCUT2D eigenvalue weighted by Crippen LogP contribution is 2.27. The second-order valence-electron chi connectivity index (χ2n) is 4.89. The molecule has 8 nitrogen and oxygen atoms in total. The fourth-order valence-corrected chi connectivity index (χ4v) is 2.15. The molecule has 2 aromatic carbocycles. The summed E-state index contributed by atoms with van der Waals surface area (Å²) in [5, 5.41) is 25.4. The van der Waals surface area contributed by atoms with E-state index in [4.69, 9.17) is 16.3 Å². The van der Waals surface area contributed by atoms with E-state index in [2.05, 4.69) is 10.6 Å². The normalized spacial score (nSPS) is 10.6. The molecule has 0 aliphatic carbocycles. The van der Waals surface area contributed by atoms with Gasteiger partial charge in [-0.05, 0) is 18.2 Å². The third-order valence-corrected chi connectivity index (χ3v) is 3.58. The molecule has 0 aliphatic rings. The number of rotatable bonds is 6. The quantitative estimate of drug-likeness (QED) is 0.345. The van der Waals surface area contributed by atoms with Crippen molar-refractivity contribution in [1.82, 2.24) is 0 Å². The van der Waals surface area contributed by atoms with Crippen LogP contribution < -0.4 is 15.4 Å². The number of nitrogens with zero attached hydrogens (tertiary/aromatic N) is 2. The van der Waals surface area contributed by atoms with Gasteiger partial charge in [0.05, 0.1) is 28.4 Å². The predicted octanol–water partition coefficient (Wildman–Crippen LogP) is 3.71. The fraction of sp³-hybridized carbons (Fsp3) is 0.0588. The summed E-state index contributed by atoms with van der Waals surface area (Å²) in [5.41, 5.74) is 0.161. The molecule has 0 aromatic heterocycles. The number of anilines is 2. The van der Waals surface area contributed by atoms with E-state index in [9.17, 15) is 20.2 Å². The van der Waals surface area contributed by atoms with Gasteiger partial charge in [-0.3, -0.25) is 14.9 Å². The van der Waals surface area contributed by atoms with Crippen LogP contribution in [0.4, 0.5) is 17.1 Å². The minimum absolute atomic E-state index is 0.178. The van der Waals surface area contributed by atoms with Gasteiger partial charge in [0.1, 0.15) is 17.4 Å². The Morgan fingerprint density at radius 2 is 2.04 bits per heavy atom. The van der Waals surface area contributed by atoms with E-state index in [1.54, 1.807) is 30.3 Å². The van der Waals surface area contributed by atoms with E-state index in [1.807, 2.05) is 0 Å². The zero-order valence-electron chi connectivity index (χ0n) is 13.5. The molecule has 0 saturated heterocycles. The lowest BCUT2D eigenvalue weighted by Crippen LogP contribution is -2.15. The molecule has 0 heterocycles. The highest BCUT2D eigenvalue weighted by atomic mass is 35.5. The van der Waals surface area contributed by atoms with Crippen LogP contribution in [0.25, 0.3) is 0 Å². The highest BCUT2D eigenvalue weighted by Gasteiger charge is 2.13. The van der Waals surface area contributed by atoms with Crippen molar-refractivity contribution in [2.45, 2.75) is 0 Å². The van der Waals surface area contributed by atoms with Crippen LogP contribution in [0.5, 0.6) is 5.75 Å². The molecule has 0 bridgehead atoms. The number of hydrogen-bond acceptors (Lipinski definition) is 6. The number of nitro benzene ring substituents is 1. The summed E-state index contributed by atoms with van der Waals surface area (Å²) in [7, 11) is 1.46. The second kappa shape index (κ2) is 8.50. The Morgan fingerprint density at radius 3 is 2.69 bits per heavy atom. The van der Waals surface area contributed by atoms with Crippen LogP contribution in [0.1, 0.15) is 0 Å². The molecule has 2 N–H and O–H groups in total. The SMILES string of the molecule is COc1ccccc1NC(=O)/C(C#N)=C\Nc1cc([N+](=O)[O-])ccc1Cl. The molecular weight excluding hydrogens is 360 g/mol. The van der Waals surface area contributed by atoms with E-state index in [0.717, 1.165) is 6.20 Å². The molecule has 0 aliphatic heterocycles. The standard InChI is InChI=1S/C17H13ClN4O4/c1-26-16-5-3-2-4-14(16)21-17(23)11(9-19)10-20-15-8-12(22(24)25)6-7-13(15)18/h2-8,10,20H,1H3,(H,21,23)/b11-10-. The number of methoxy groups -OCH3 is 1. The largest absolute Gasteiger partial charge is 0.495 e. The molecule has 0 spiro atoms. The van der Waals surface area contributed by atoms with Crippen LogP contribution in [0.2, 0.25) is 5.02 Å². The molecule has 0 radical (unpaired) electrons. The lowest BCUT2D eigenvalue weighted by atomic mass is 10.2. The molecule has 2 rings (SSSR count). The third kappa shape index (κ3) is 4.49. The van der Waals surface area contributed by atoms with Crippen LogP contribution >= 0.6 is 11.6 Å². The van der Waals surface area contributed by atoms with E-state index in [-0.39, 0.29) is 22.0 Å². The summed E-state index contributed by atoms with van der Waals surface area (Å²) in [6.07, 6.45) is 1.12. The molecule has 9 heteroatoms. The summed E-state index contributed by atoms with van der Waals surface area (Å²) < 4.78 is 5.13. The van der Waals surface area contributed by atoms with Crippen molar-refractivity contribution in [2.24, 2.45) is 0 Å². The van der Waals surface area contributed by atoms with Crippen LogP contribution in [-0.2, 0) is 4.79 Å². The zero-order valence-corrected chi connectivity index (χ0v) is 14.3. The number of nitro groups is 1. The van der Waals surface area contributed by atoms with Gasteiger partial charge in [0.15, 0.2) is 0 Å². The number of nitriles is 1. The first-order valence-corrected chi connectivity index (χ1v) is 7.59. The number of amides is 1. The lowest BCUT2D eigenvalue weighted by Gasteiger charge is -2.09. The van der Waals surface area contributed by atoms with Crippen molar-refractivity contribution in [2.75, 3.05) is 17.7 Å². The summed E-state index contributed by atoms with van der Waals surface area (Å²) in [6.45, 7) is 0. The number of nitrogens with one attached hydrogen (secondary N) is 2. The predicted molar refractivity (Wildman–Crippen MR) is 97.0 cm³/mol. The number of hydrogen-bond donors (Lipinski definition) is 2. The van der Waals surface area contributed by atoms with Gasteiger partial charge < -0.3 is 15.4 Å². The van der Waals surface area contributed by atoms with Gasteiger partial charge in [-0.2, -0.15) is 5.26 Å². The summed E-state index contributed by atoms with van der Waals surface area (Å²) in [6, 6.07) is 12.3. The monoisotopic (exact) mass is 372 g/mol. The topological polar surface area (TPSA) is 117 Å². The Hall–Kier alpha value is -3.57. The molecule has 0 fully saturated rings. The van der Waals surface area contributed by atoms with Gasteiger partial charge in [0, 0.05) is 18.3 Å². The molecule has 1 amide bonds. The van der Waals surface area contributed by atoms with E-state index in [1.165, 1.54) is 25.3 Å². The Bertz CT molecular complexity index is 921. The maximum absolute atomic E-state index is 12.3. The first kappa shape index (κ1) is 18.8. The summed E-state index contributed by atoms with van der Waals surface area (Å²) in [4.78, 5) is 22.5. The first-order valence-electron chi connectivity index (χ1n) is 7.21. The van der Waals surface area contributed by atoms with Gasteiger partial charge in [0.25, 0.3) is 11.6 Å². The molecule has 0 unspecified atom stereocenters. The first-order chi connectivity index (χ1) is 12.5. The number of carbonyl (C=O) groups excluding carboxylic acids is 1. The Balaban J connectivity index is 2.20. The van der Waals surface area contributed by atoms with Crippen LogP contribution in [0, 0.1) is 21.4 Å². The minimum atomic E-state index is -0.675. The van der Waals surface area contributed by atoms with Crippen LogP contribution in [0.3, 0.4) is 0 Å². The highest BCUT2D eigenvalue weighted by molar-refractivity contribution is 6.33. The number of non-ortho nitro benzene ring substituents is 1. The van der Waals surface area contributed by atoms with Gasteiger partial charge in [0.2, 0.25) is 0 Å².